The van der Waals surface area contributed by atoms with Crippen LogP contribution in [-0.2, 0) is 9.53 Å². The van der Waals surface area contributed by atoms with Gasteiger partial charge in [-0.1, -0.05) is 56.9 Å². The van der Waals surface area contributed by atoms with Crippen molar-refractivity contribution in [1.29, 1.82) is 0 Å². The minimum Gasteiger partial charge on any atom is -0.469 e. The minimum atomic E-state index is -0.248. The second-order valence-electron chi connectivity index (χ2n) is 7.35. The Kier molecular flexibility index (Phi) is 12.4. The van der Waals surface area contributed by atoms with Gasteiger partial charge < -0.3 is 9.84 Å². The molecule has 144 valence electrons. The lowest BCUT2D eigenvalue weighted by molar-refractivity contribution is -0.140. The molecule has 0 spiro atoms. The number of unbranched alkanes of at least 4 members (excludes halogenated alkanes) is 4. The molecule has 0 aromatic carbocycles. The summed E-state index contributed by atoms with van der Waals surface area (Å²) in [5, 5.41) is 9.92. The smallest absolute Gasteiger partial charge is 0.305 e. The zero-order valence-corrected chi connectivity index (χ0v) is 16.3. The van der Waals surface area contributed by atoms with Gasteiger partial charge in [-0.05, 0) is 56.8 Å². The van der Waals surface area contributed by atoms with E-state index in [9.17, 15) is 9.90 Å². The van der Waals surface area contributed by atoms with E-state index in [2.05, 4.69) is 29.9 Å². The molecule has 1 N–H and O–H groups in total. The quantitative estimate of drug-likeness (QED) is 0.238. The highest BCUT2D eigenvalue weighted by Crippen LogP contribution is 2.44. The normalized spacial score (nSPS) is 21.1. The molecule has 0 heterocycles. The molecule has 3 nitrogen and oxygen atoms in total. The third-order valence-corrected chi connectivity index (χ3v) is 5.07. The van der Waals surface area contributed by atoms with Crippen molar-refractivity contribution in [2.24, 2.45) is 11.8 Å². The number of ether oxygens (including phenoxy) is 1. The number of allylic oxidation sites excluding steroid dienone is 3. The highest BCUT2D eigenvalue weighted by molar-refractivity contribution is 5.68. The Morgan fingerprint density at radius 2 is 1.92 bits per heavy atom. The van der Waals surface area contributed by atoms with Crippen molar-refractivity contribution in [2.75, 3.05) is 7.11 Å². The van der Waals surface area contributed by atoms with Gasteiger partial charge in [-0.3, -0.25) is 4.79 Å². The van der Waals surface area contributed by atoms with Crippen LogP contribution in [-0.4, -0.2) is 24.3 Å². The van der Waals surface area contributed by atoms with Gasteiger partial charge in [0.2, 0.25) is 0 Å². The Hall–Kier alpha value is -1.09. The summed E-state index contributed by atoms with van der Waals surface area (Å²) in [6.45, 7) is 2.21. The SMILES string of the molecule is CCCCCCC(O)/C=C/CC1CC1CC/C=C/CCCC(=O)OC. The fourth-order valence-corrected chi connectivity index (χ4v) is 3.25. The van der Waals surface area contributed by atoms with Gasteiger partial charge in [0.05, 0.1) is 13.2 Å². The average Bonchev–Trinajstić information content (AvgIpc) is 3.35. The highest BCUT2D eigenvalue weighted by Gasteiger charge is 2.34. The van der Waals surface area contributed by atoms with Gasteiger partial charge in [-0.2, -0.15) is 0 Å². The summed E-state index contributed by atoms with van der Waals surface area (Å²) >= 11 is 0. The van der Waals surface area contributed by atoms with Crippen LogP contribution >= 0.6 is 0 Å². The second kappa shape index (κ2) is 14.1. The van der Waals surface area contributed by atoms with E-state index in [0.717, 1.165) is 50.4 Å². The molecule has 1 rings (SSSR count). The van der Waals surface area contributed by atoms with Crippen LogP contribution in [0.3, 0.4) is 0 Å². The molecule has 0 saturated heterocycles. The van der Waals surface area contributed by atoms with Gasteiger partial charge in [0, 0.05) is 6.42 Å². The highest BCUT2D eigenvalue weighted by atomic mass is 16.5. The van der Waals surface area contributed by atoms with E-state index in [1.807, 2.05) is 6.08 Å². The van der Waals surface area contributed by atoms with E-state index < -0.39 is 0 Å². The van der Waals surface area contributed by atoms with Crippen LogP contribution in [0.2, 0.25) is 0 Å². The molecule has 0 aromatic rings. The molecule has 1 aliphatic rings. The topological polar surface area (TPSA) is 46.5 Å². The van der Waals surface area contributed by atoms with Crippen LogP contribution < -0.4 is 0 Å². The molecule has 1 fully saturated rings. The number of methoxy groups -OCH3 is 1. The Morgan fingerprint density at radius 1 is 1.12 bits per heavy atom. The maximum Gasteiger partial charge on any atom is 0.305 e. The third kappa shape index (κ3) is 12.0. The van der Waals surface area contributed by atoms with E-state index in [1.165, 1.54) is 39.2 Å². The molecule has 1 aliphatic carbocycles. The summed E-state index contributed by atoms with van der Waals surface area (Å²) in [5.74, 6) is 1.58. The van der Waals surface area contributed by atoms with Crippen LogP contribution in [0.15, 0.2) is 24.3 Å². The summed E-state index contributed by atoms with van der Waals surface area (Å²) in [6, 6.07) is 0. The summed E-state index contributed by atoms with van der Waals surface area (Å²) in [6.07, 6.45) is 21.4. The molecule has 3 atom stereocenters. The molecule has 3 unspecified atom stereocenters. The summed E-state index contributed by atoms with van der Waals surface area (Å²) in [4.78, 5) is 11.0. The summed E-state index contributed by atoms with van der Waals surface area (Å²) in [7, 11) is 1.44. The third-order valence-electron chi connectivity index (χ3n) is 5.07. The predicted octanol–water partition coefficient (Wildman–Crippen LogP) is 5.58. The molecular formula is C22H38O3. The van der Waals surface area contributed by atoms with Gasteiger partial charge in [0.15, 0.2) is 0 Å². The first-order chi connectivity index (χ1) is 12.2. The number of carbonyl (C=O) groups excluding carboxylic acids is 1. The lowest BCUT2D eigenvalue weighted by Crippen LogP contribution is -2.01. The van der Waals surface area contributed by atoms with E-state index in [4.69, 9.17) is 0 Å². The largest absolute Gasteiger partial charge is 0.469 e. The van der Waals surface area contributed by atoms with Crippen LogP contribution in [0.4, 0.5) is 0 Å². The maximum atomic E-state index is 11.0. The number of hydrogen-bond acceptors (Lipinski definition) is 3. The zero-order chi connectivity index (χ0) is 18.3. The van der Waals surface area contributed by atoms with E-state index >= 15 is 0 Å². The first-order valence-electron chi connectivity index (χ1n) is 10.2. The van der Waals surface area contributed by atoms with Crippen molar-refractivity contribution in [1.82, 2.24) is 0 Å². The molecule has 0 bridgehead atoms. The number of aliphatic hydroxyl groups is 1. The van der Waals surface area contributed by atoms with Crippen molar-refractivity contribution in [3.05, 3.63) is 24.3 Å². The van der Waals surface area contributed by atoms with E-state index in [0.29, 0.717) is 6.42 Å². The van der Waals surface area contributed by atoms with Gasteiger partial charge in [-0.15, -0.1) is 0 Å². The van der Waals surface area contributed by atoms with Crippen molar-refractivity contribution >= 4 is 5.97 Å². The van der Waals surface area contributed by atoms with Crippen molar-refractivity contribution in [3.8, 4) is 0 Å². The fraction of sp³-hybridized carbons (Fsp3) is 0.773. The summed E-state index contributed by atoms with van der Waals surface area (Å²) < 4.78 is 4.62. The molecule has 0 aliphatic heterocycles. The average molecular weight is 351 g/mol. The standard InChI is InChI=1S/C22H38O3/c1-3-4-5-10-15-21(23)16-12-14-20-18-19(20)13-9-7-6-8-11-17-22(24)25-2/h6-7,12,16,19-21,23H,3-5,8-11,13-15,17-18H2,1-2H3/b7-6+,16-12+. The molecule has 1 saturated carbocycles. The van der Waals surface area contributed by atoms with Gasteiger partial charge >= 0.3 is 5.97 Å². The maximum absolute atomic E-state index is 11.0. The minimum absolute atomic E-state index is 0.117. The van der Waals surface area contributed by atoms with Crippen LogP contribution in [0.5, 0.6) is 0 Å². The van der Waals surface area contributed by atoms with Gasteiger partial charge in [-0.25, -0.2) is 0 Å². The molecule has 25 heavy (non-hydrogen) atoms. The molecule has 0 aromatic heterocycles. The predicted molar refractivity (Wildman–Crippen MR) is 104 cm³/mol. The molecule has 3 heteroatoms. The van der Waals surface area contributed by atoms with Crippen molar-refractivity contribution in [3.63, 3.8) is 0 Å². The zero-order valence-electron chi connectivity index (χ0n) is 16.3. The summed E-state index contributed by atoms with van der Waals surface area (Å²) in [5.41, 5.74) is 0. The van der Waals surface area contributed by atoms with Crippen LogP contribution in [0, 0.1) is 11.8 Å². The number of esters is 1. The Balaban J connectivity index is 1.95. The lowest BCUT2D eigenvalue weighted by atomic mass is 10.1. The van der Waals surface area contributed by atoms with Crippen molar-refractivity contribution in [2.45, 2.75) is 90.1 Å². The Labute approximate surface area is 154 Å². The number of hydrogen-bond donors (Lipinski definition) is 1. The van der Waals surface area contributed by atoms with Gasteiger partial charge in [0.25, 0.3) is 0 Å². The molecule has 0 radical (unpaired) electrons. The number of aliphatic hydroxyl groups excluding tert-OH is 1. The van der Waals surface area contributed by atoms with Crippen molar-refractivity contribution < 1.29 is 14.6 Å². The monoisotopic (exact) mass is 350 g/mol. The Morgan fingerprint density at radius 3 is 2.68 bits per heavy atom. The molecular weight excluding hydrogens is 312 g/mol. The number of carbonyl (C=O) groups is 1. The van der Waals surface area contributed by atoms with E-state index in [1.54, 1.807) is 0 Å². The first-order valence-corrected chi connectivity index (χ1v) is 10.2. The lowest BCUT2D eigenvalue weighted by Gasteiger charge is -2.04. The van der Waals surface area contributed by atoms with Crippen LogP contribution in [0.1, 0.15) is 84.0 Å². The van der Waals surface area contributed by atoms with E-state index in [-0.39, 0.29) is 12.1 Å². The Bertz CT molecular complexity index is 400. The second-order valence-corrected chi connectivity index (χ2v) is 7.35. The fourth-order valence-electron chi connectivity index (χ4n) is 3.25. The number of rotatable bonds is 15. The van der Waals surface area contributed by atoms with Gasteiger partial charge in [0.1, 0.15) is 0 Å². The molecule has 0 amide bonds. The first kappa shape index (κ1) is 22.0. The van der Waals surface area contributed by atoms with Crippen LogP contribution in [0.25, 0.3) is 0 Å².